The van der Waals surface area contributed by atoms with Gasteiger partial charge >= 0.3 is 0 Å². The molecule has 0 fully saturated rings. The first kappa shape index (κ1) is 11.5. The van der Waals surface area contributed by atoms with E-state index in [0.717, 1.165) is 5.52 Å². The molecule has 0 saturated carbocycles. The third-order valence-electron chi connectivity index (χ3n) is 3.96. The van der Waals surface area contributed by atoms with Gasteiger partial charge in [-0.2, -0.15) is 0 Å². The van der Waals surface area contributed by atoms with Crippen LogP contribution in [0.25, 0.3) is 10.9 Å². The zero-order valence-corrected chi connectivity index (χ0v) is 11.4. The third kappa shape index (κ3) is 1.67. The number of rotatable bonds is 1. The van der Waals surface area contributed by atoms with Gasteiger partial charge < -0.3 is 4.90 Å². The van der Waals surface area contributed by atoms with Crippen molar-refractivity contribution >= 4 is 16.6 Å². The molecule has 94 valence electrons. The second-order valence-electron chi connectivity index (χ2n) is 5.48. The summed E-state index contributed by atoms with van der Waals surface area (Å²) in [5.41, 5.74) is 5.40. The molecule has 1 aromatic heterocycles. The Morgan fingerprint density at radius 3 is 2.83 bits per heavy atom. The quantitative estimate of drug-likeness (QED) is 0.755. The van der Waals surface area contributed by atoms with E-state index in [9.17, 15) is 0 Å². The number of fused-ring (bicyclic) bond motifs is 3. The van der Waals surface area contributed by atoms with Crippen LogP contribution < -0.4 is 4.90 Å². The van der Waals surface area contributed by atoms with E-state index in [1.54, 1.807) is 0 Å². The fourth-order valence-corrected chi connectivity index (χ4v) is 3.09. The Hall–Kier alpha value is -1.57. The van der Waals surface area contributed by atoms with Crippen molar-refractivity contribution in [3.05, 3.63) is 35.5 Å². The highest BCUT2D eigenvalue weighted by atomic mass is 15.2. The van der Waals surface area contributed by atoms with E-state index in [2.05, 4.69) is 48.9 Å². The molecule has 0 spiro atoms. The van der Waals surface area contributed by atoms with Crippen molar-refractivity contribution in [2.75, 3.05) is 11.4 Å². The van der Waals surface area contributed by atoms with Crippen LogP contribution in [0.1, 0.15) is 31.4 Å². The average molecular weight is 240 g/mol. The van der Waals surface area contributed by atoms with Gasteiger partial charge in [0.15, 0.2) is 0 Å². The van der Waals surface area contributed by atoms with Crippen molar-refractivity contribution < 1.29 is 0 Å². The second kappa shape index (κ2) is 4.27. The normalized spacial score (nSPS) is 15.2. The van der Waals surface area contributed by atoms with Crippen molar-refractivity contribution in [3.63, 3.8) is 0 Å². The number of nitrogens with zero attached hydrogens (tertiary/aromatic N) is 2. The first-order chi connectivity index (χ1) is 8.68. The maximum absolute atomic E-state index is 4.50. The van der Waals surface area contributed by atoms with E-state index in [0.29, 0.717) is 6.04 Å². The smallest absolute Gasteiger partial charge is 0.0708 e. The molecule has 0 unspecified atom stereocenters. The Balaban J connectivity index is 2.28. The molecule has 0 bridgehead atoms. The summed E-state index contributed by atoms with van der Waals surface area (Å²) < 4.78 is 0. The highest BCUT2D eigenvalue weighted by molar-refractivity contribution is 5.90. The number of anilines is 1. The largest absolute Gasteiger partial charge is 0.369 e. The molecule has 0 radical (unpaired) electrons. The van der Waals surface area contributed by atoms with Crippen LogP contribution in [0.2, 0.25) is 0 Å². The molecule has 3 rings (SSSR count). The van der Waals surface area contributed by atoms with Gasteiger partial charge in [0.2, 0.25) is 0 Å². The molecule has 0 N–H and O–H groups in total. The zero-order valence-electron chi connectivity index (χ0n) is 11.4. The van der Waals surface area contributed by atoms with Gasteiger partial charge in [-0.15, -0.1) is 0 Å². The van der Waals surface area contributed by atoms with Crippen molar-refractivity contribution in [2.24, 2.45) is 0 Å². The third-order valence-corrected chi connectivity index (χ3v) is 3.96. The van der Waals surface area contributed by atoms with Gasteiger partial charge in [-0.3, -0.25) is 4.98 Å². The molecule has 1 aromatic carbocycles. The molecule has 1 aliphatic rings. The fraction of sp³-hybridized carbons (Fsp3) is 0.438. The molecule has 1 aliphatic heterocycles. The Morgan fingerprint density at radius 2 is 2.06 bits per heavy atom. The minimum Gasteiger partial charge on any atom is -0.369 e. The highest BCUT2D eigenvalue weighted by Gasteiger charge is 2.21. The topological polar surface area (TPSA) is 16.1 Å². The average Bonchev–Trinajstić information content (AvgIpc) is 2.37. The van der Waals surface area contributed by atoms with Crippen LogP contribution in [-0.2, 0) is 6.42 Å². The summed E-state index contributed by atoms with van der Waals surface area (Å²) in [7, 11) is 0. The Morgan fingerprint density at radius 1 is 1.22 bits per heavy atom. The molecule has 2 nitrogen and oxygen atoms in total. The fourth-order valence-electron chi connectivity index (χ4n) is 3.09. The van der Waals surface area contributed by atoms with E-state index < -0.39 is 0 Å². The molecule has 2 heterocycles. The van der Waals surface area contributed by atoms with Crippen molar-refractivity contribution in [2.45, 2.75) is 39.7 Å². The Labute approximate surface area is 109 Å². The van der Waals surface area contributed by atoms with Gasteiger partial charge in [0.05, 0.1) is 5.52 Å². The molecular weight excluding hydrogens is 220 g/mol. The SMILES string of the molecule is Cc1ccnc2ccc3c(c12)CCCN3C(C)C. The summed E-state index contributed by atoms with van der Waals surface area (Å²) in [5, 5.41) is 1.38. The molecule has 2 heteroatoms. The van der Waals surface area contributed by atoms with Crippen LogP contribution in [0, 0.1) is 6.92 Å². The van der Waals surface area contributed by atoms with E-state index in [1.165, 1.54) is 41.6 Å². The van der Waals surface area contributed by atoms with Gasteiger partial charge in [-0.05, 0) is 62.9 Å². The molecule has 18 heavy (non-hydrogen) atoms. The van der Waals surface area contributed by atoms with Crippen molar-refractivity contribution in [3.8, 4) is 0 Å². The summed E-state index contributed by atoms with van der Waals surface area (Å²) in [6.45, 7) is 7.92. The number of aryl methyl sites for hydroxylation is 2. The maximum atomic E-state index is 4.50. The van der Waals surface area contributed by atoms with Crippen LogP contribution in [-0.4, -0.2) is 17.6 Å². The lowest BCUT2D eigenvalue weighted by Crippen LogP contribution is -2.35. The highest BCUT2D eigenvalue weighted by Crippen LogP contribution is 2.35. The summed E-state index contributed by atoms with van der Waals surface area (Å²) >= 11 is 0. The summed E-state index contributed by atoms with van der Waals surface area (Å²) in [6.07, 6.45) is 4.34. The van der Waals surface area contributed by atoms with Crippen LogP contribution >= 0.6 is 0 Å². The Kier molecular flexibility index (Phi) is 2.73. The van der Waals surface area contributed by atoms with Gasteiger partial charge in [0, 0.05) is 29.9 Å². The first-order valence-corrected chi connectivity index (χ1v) is 6.82. The van der Waals surface area contributed by atoms with E-state index in [-0.39, 0.29) is 0 Å². The molecule has 2 aromatic rings. The molecular formula is C16H20N2. The summed E-state index contributed by atoms with van der Waals surface area (Å²) in [4.78, 5) is 7.02. The standard InChI is InChI=1S/C16H20N2/c1-11(2)18-10-4-5-13-15(18)7-6-14-16(13)12(3)8-9-17-14/h6-9,11H,4-5,10H2,1-3H3. The van der Waals surface area contributed by atoms with Gasteiger partial charge in [0.25, 0.3) is 0 Å². The monoisotopic (exact) mass is 240 g/mol. The van der Waals surface area contributed by atoms with E-state index in [1.807, 2.05) is 6.20 Å². The number of aromatic nitrogens is 1. The maximum Gasteiger partial charge on any atom is 0.0708 e. The van der Waals surface area contributed by atoms with Gasteiger partial charge in [0.1, 0.15) is 0 Å². The van der Waals surface area contributed by atoms with Crippen LogP contribution in [0.4, 0.5) is 5.69 Å². The lowest BCUT2D eigenvalue weighted by molar-refractivity contribution is 0.627. The predicted molar refractivity (Wildman–Crippen MR) is 77.3 cm³/mol. The van der Waals surface area contributed by atoms with Crippen molar-refractivity contribution in [1.82, 2.24) is 4.98 Å². The molecule has 0 amide bonds. The van der Waals surface area contributed by atoms with Gasteiger partial charge in [-0.1, -0.05) is 0 Å². The number of pyridine rings is 1. The van der Waals surface area contributed by atoms with Crippen molar-refractivity contribution in [1.29, 1.82) is 0 Å². The Bertz CT molecular complexity index is 587. The lowest BCUT2D eigenvalue weighted by Gasteiger charge is -2.35. The van der Waals surface area contributed by atoms with Crippen LogP contribution in [0.15, 0.2) is 24.4 Å². The molecule has 0 saturated heterocycles. The van der Waals surface area contributed by atoms with E-state index >= 15 is 0 Å². The number of benzene rings is 1. The predicted octanol–water partition coefficient (Wildman–Crippen LogP) is 3.70. The summed E-state index contributed by atoms with van der Waals surface area (Å²) in [6, 6.07) is 7.11. The minimum absolute atomic E-state index is 0.568. The van der Waals surface area contributed by atoms with Gasteiger partial charge in [-0.25, -0.2) is 0 Å². The lowest BCUT2D eigenvalue weighted by atomic mass is 9.94. The number of hydrogen-bond acceptors (Lipinski definition) is 2. The summed E-state index contributed by atoms with van der Waals surface area (Å²) in [5.74, 6) is 0. The van der Waals surface area contributed by atoms with Crippen LogP contribution in [0.3, 0.4) is 0 Å². The number of hydrogen-bond donors (Lipinski definition) is 0. The second-order valence-corrected chi connectivity index (χ2v) is 5.48. The molecule has 0 atom stereocenters. The zero-order chi connectivity index (χ0) is 12.7. The first-order valence-electron chi connectivity index (χ1n) is 6.82. The van der Waals surface area contributed by atoms with Crippen LogP contribution in [0.5, 0.6) is 0 Å². The van der Waals surface area contributed by atoms with E-state index in [4.69, 9.17) is 0 Å². The minimum atomic E-state index is 0.568. The molecule has 0 aliphatic carbocycles.